The van der Waals surface area contributed by atoms with Gasteiger partial charge in [-0.2, -0.15) is 10.5 Å². The van der Waals surface area contributed by atoms with Crippen molar-refractivity contribution in [3.05, 3.63) is 23.9 Å². The lowest BCUT2D eigenvalue weighted by atomic mass is 9.76. The van der Waals surface area contributed by atoms with E-state index in [2.05, 4.69) is 21.7 Å². The molecule has 1 saturated carbocycles. The second kappa shape index (κ2) is 7.50. The first-order valence-corrected chi connectivity index (χ1v) is 8.71. The van der Waals surface area contributed by atoms with Crippen LogP contribution in [0, 0.1) is 22.7 Å². The maximum Gasteiger partial charge on any atom is 0.252 e. The van der Waals surface area contributed by atoms with Crippen molar-refractivity contribution in [2.24, 2.45) is 0 Å². The SMILES string of the molecule is N#Cc1ccc(NCC2(NC(=O)[C@H](C#N)N3CCCC3)CCC2)nc1. The summed E-state index contributed by atoms with van der Waals surface area (Å²) in [4.78, 5) is 18.8. The summed E-state index contributed by atoms with van der Waals surface area (Å²) in [5.74, 6) is 0.481. The van der Waals surface area contributed by atoms with E-state index in [9.17, 15) is 10.1 Å². The van der Waals surface area contributed by atoms with E-state index in [0.717, 1.165) is 45.2 Å². The number of aromatic nitrogens is 1. The van der Waals surface area contributed by atoms with Crippen LogP contribution in [-0.2, 0) is 4.79 Å². The Morgan fingerprint density at radius 2 is 2.04 bits per heavy atom. The van der Waals surface area contributed by atoms with Crippen LogP contribution in [-0.4, -0.2) is 47.0 Å². The van der Waals surface area contributed by atoms with Crippen LogP contribution in [0.3, 0.4) is 0 Å². The van der Waals surface area contributed by atoms with Gasteiger partial charge >= 0.3 is 0 Å². The monoisotopic (exact) mass is 338 g/mol. The van der Waals surface area contributed by atoms with Crippen LogP contribution < -0.4 is 10.6 Å². The van der Waals surface area contributed by atoms with E-state index in [1.165, 1.54) is 6.20 Å². The number of hydrogen-bond donors (Lipinski definition) is 2. The van der Waals surface area contributed by atoms with Gasteiger partial charge in [0, 0.05) is 12.7 Å². The van der Waals surface area contributed by atoms with Crippen LogP contribution in [0.2, 0.25) is 0 Å². The molecule has 0 bridgehead atoms. The van der Waals surface area contributed by atoms with Crippen LogP contribution >= 0.6 is 0 Å². The van der Waals surface area contributed by atoms with Crippen LogP contribution in [0.4, 0.5) is 5.82 Å². The van der Waals surface area contributed by atoms with Gasteiger partial charge in [-0.05, 0) is 57.3 Å². The smallest absolute Gasteiger partial charge is 0.252 e. The van der Waals surface area contributed by atoms with Crippen molar-refractivity contribution in [2.75, 3.05) is 25.0 Å². The van der Waals surface area contributed by atoms with Gasteiger partial charge in [0.2, 0.25) is 0 Å². The lowest BCUT2D eigenvalue weighted by Gasteiger charge is -2.43. The van der Waals surface area contributed by atoms with Crippen molar-refractivity contribution in [1.29, 1.82) is 10.5 Å². The Kier molecular flexibility index (Phi) is 5.16. The number of carbonyl (C=O) groups is 1. The molecule has 2 N–H and O–H groups in total. The van der Waals surface area contributed by atoms with Gasteiger partial charge in [0.1, 0.15) is 11.9 Å². The van der Waals surface area contributed by atoms with Gasteiger partial charge < -0.3 is 10.6 Å². The third-order valence-electron chi connectivity index (χ3n) is 5.08. The molecule has 0 spiro atoms. The Balaban J connectivity index is 1.59. The zero-order chi connectivity index (χ0) is 17.7. The summed E-state index contributed by atoms with van der Waals surface area (Å²) in [7, 11) is 0. The van der Waals surface area contributed by atoms with Crippen molar-refractivity contribution in [3.8, 4) is 12.1 Å². The van der Waals surface area contributed by atoms with Crippen LogP contribution in [0.25, 0.3) is 0 Å². The predicted molar refractivity (Wildman–Crippen MR) is 92.4 cm³/mol. The zero-order valence-electron chi connectivity index (χ0n) is 14.2. The molecule has 130 valence electrons. The van der Waals surface area contributed by atoms with Crippen LogP contribution in [0.15, 0.2) is 18.3 Å². The van der Waals surface area contributed by atoms with Gasteiger partial charge in [-0.25, -0.2) is 4.98 Å². The number of hydrogen-bond acceptors (Lipinski definition) is 6. The number of pyridine rings is 1. The largest absolute Gasteiger partial charge is 0.368 e. The summed E-state index contributed by atoms with van der Waals surface area (Å²) in [6, 6.07) is 6.96. The van der Waals surface area contributed by atoms with Crippen molar-refractivity contribution in [2.45, 2.75) is 43.7 Å². The first kappa shape index (κ1) is 17.2. The van der Waals surface area contributed by atoms with E-state index in [0.29, 0.717) is 17.9 Å². The molecule has 7 nitrogen and oxygen atoms in total. The lowest BCUT2D eigenvalue weighted by molar-refractivity contribution is -0.127. The summed E-state index contributed by atoms with van der Waals surface area (Å²) >= 11 is 0. The Hall–Kier alpha value is -2.64. The molecule has 1 aromatic rings. The molecule has 3 rings (SSSR count). The molecule has 1 aliphatic heterocycles. The molecule has 0 radical (unpaired) electrons. The molecule has 1 amide bonds. The summed E-state index contributed by atoms with van der Waals surface area (Å²) in [6.07, 6.45) is 6.45. The maximum atomic E-state index is 12.6. The quantitative estimate of drug-likeness (QED) is 0.812. The molecule has 7 heteroatoms. The average Bonchev–Trinajstić information content (AvgIpc) is 3.12. The van der Waals surface area contributed by atoms with Gasteiger partial charge in [0.15, 0.2) is 6.04 Å². The third-order valence-corrected chi connectivity index (χ3v) is 5.08. The minimum absolute atomic E-state index is 0.196. The van der Waals surface area contributed by atoms with Gasteiger partial charge in [0.25, 0.3) is 5.91 Å². The lowest BCUT2D eigenvalue weighted by Crippen LogP contribution is -2.61. The first-order chi connectivity index (χ1) is 12.2. The average molecular weight is 338 g/mol. The predicted octanol–water partition coefficient (Wildman–Crippen LogP) is 1.39. The van der Waals surface area contributed by atoms with Gasteiger partial charge in [-0.3, -0.25) is 9.69 Å². The van der Waals surface area contributed by atoms with E-state index in [-0.39, 0.29) is 11.4 Å². The summed E-state index contributed by atoms with van der Waals surface area (Å²) in [6.45, 7) is 2.19. The van der Waals surface area contributed by atoms with E-state index in [4.69, 9.17) is 5.26 Å². The third kappa shape index (κ3) is 3.89. The van der Waals surface area contributed by atoms with Gasteiger partial charge in [-0.1, -0.05) is 0 Å². The van der Waals surface area contributed by atoms with E-state index < -0.39 is 6.04 Å². The van der Waals surface area contributed by atoms with Crippen molar-refractivity contribution in [3.63, 3.8) is 0 Å². The number of nitrogens with zero attached hydrogens (tertiary/aromatic N) is 4. The molecule has 0 unspecified atom stereocenters. The fourth-order valence-corrected chi connectivity index (χ4v) is 3.41. The van der Waals surface area contributed by atoms with Gasteiger partial charge in [0.05, 0.1) is 17.2 Å². The fraction of sp³-hybridized carbons (Fsp3) is 0.556. The number of amides is 1. The molecule has 2 heterocycles. The Morgan fingerprint density at radius 3 is 2.56 bits per heavy atom. The minimum atomic E-state index is -0.701. The molecule has 0 aromatic carbocycles. The summed E-state index contributed by atoms with van der Waals surface area (Å²) < 4.78 is 0. The summed E-state index contributed by atoms with van der Waals surface area (Å²) in [5, 5.41) is 24.6. The fourth-order valence-electron chi connectivity index (χ4n) is 3.41. The number of anilines is 1. The normalized spacial score (nSPS) is 19.9. The molecular formula is C18H22N6O. The van der Waals surface area contributed by atoms with Crippen LogP contribution in [0.5, 0.6) is 0 Å². The molecule has 25 heavy (non-hydrogen) atoms. The Labute approximate surface area is 147 Å². The number of carbonyl (C=O) groups excluding carboxylic acids is 1. The molecule has 1 aromatic heterocycles. The molecule has 2 aliphatic rings. The number of nitriles is 2. The highest BCUT2D eigenvalue weighted by molar-refractivity contribution is 5.85. The van der Waals surface area contributed by atoms with E-state index in [1.807, 2.05) is 11.0 Å². The number of rotatable bonds is 6. The van der Waals surface area contributed by atoms with Crippen molar-refractivity contribution < 1.29 is 4.79 Å². The van der Waals surface area contributed by atoms with Crippen molar-refractivity contribution >= 4 is 11.7 Å². The minimum Gasteiger partial charge on any atom is -0.368 e. The number of nitrogens with one attached hydrogen (secondary N) is 2. The highest BCUT2D eigenvalue weighted by atomic mass is 16.2. The molecular weight excluding hydrogens is 316 g/mol. The van der Waals surface area contributed by atoms with Crippen molar-refractivity contribution in [1.82, 2.24) is 15.2 Å². The van der Waals surface area contributed by atoms with Crippen LogP contribution in [0.1, 0.15) is 37.7 Å². The second-order valence-electron chi connectivity index (χ2n) is 6.80. The Bertz CT molecular complexity index is 692. The molecule has 1 saturated heterocycles. The van der Waals surface area contributed by atoms with E-state index in [1.54, 1.807) is 12.1 Å². The first-order valence-electron chi connectivity index (χ1n) is 8.71. The standard InChI is InChI=1S/C18H22N6O/c19-10-14-4-5-16(21-12-14)22-13-18(6-3-7-18)23-17(25)15(11-20)24-8-1-2-9-24/h4-5,12,15H,1-3,6-9,13H2,(H,21,22)(H,23,25)/t15-/m0/s1. The zero-order valence-corrected chi connectivity index (χ0v) is 14.2. The second-order valence-corrected chi connectivity index (χ2v) is 6.80. The topological polar surface area (TPSA) is 105 Å². The number of likely N-dealkylation sites (tertiary alicyclic amines) is 1. The highest BCUT2D eigenvalue weighted by Gasteiger charge is 2.41. The maximum absolute atomic E-state index is 12.6. The molecule has 2 fully saturated rings. The van der Waals surface area contributed by atoms with E-state index >= 15 is 0 Å². The highest BCUT2D eigenvalue weighted by Crippen LogP contribution is 2.32. The van der Waals surface area contributed by atoms with Gasteiger partial charge in [-0.15, -0.1) is 0 Å². The Morgan fingerprint density at radius 1 is 1.28 bits per heavy atom. The molecule has 1 atom stereocenters. The summed E-state index contributed by atoms with van der Waals surface area (Å²) in [5.41, 5.74) is 0.196. The molecule has 1 aliphatic carbocycles.